The average Bonchev–Trinajstić information content (AvgIpc) is 3.45. The van der Waals surface area contributed by atoms with Gasteiger partial charge in [-0.15, -0.1) is 24.9 Å². The lowest BCUT2D eigenvalue weighted by atomic mass is 9.70. The Labute approximate surface area is 232 Å². The SMILES string of the molecule is C=CCN(C)C(=O)[C@H]1[C@H]2C(=O)N([C@H](C)CO)C(C(=O)N(CC=C)c3c(C)cccc3C)C23CC(Br)[C@@H]1S3. The Hall–Kier alpha value is -2.10. The first kappa shape index (κ1) is 27.9. The van der Waals surface area contributed by atoms with E-state index in [0.717, 1.165) is 16.8 Å². The fourth-order valence-corrected chi connectivity index (χ4v) is 10.1. The third-order valence-electron chi connectivity index (χ3n) is 8.05. The molecule has 0 radical (unpaired) electrons. The van der Waals surface area contributed by atoms with Gasteiger partial charge in [-0.05, 0) is 38.3 Å². The van der Waals surface area contributed by atoms with Gasteiger partial charge in [0.05, 0.1) is 29.2 Å². The fraction of sp³-hybridized carbons (Fsp3) is 0.536. The Morgan fingerprint density at radius 3 is 2.43 bits per heavy atom. The van der Waals surface area contributed by atoms with Crippen LogP contribution in [0.1, 0.15) is 24.5 Å². The smallest absolute Gasteiger partial charge is 0.251 e. The van der Waals surface area contributed by atoms with Gasteiger partial charge in [0.15, 0.2) is 0 Å². The van der Waals surface area contributed by atoms with Gasteiger partial charge in [0.2, 0.25) is 11.8 Å². The maximum atomic E-state index is 14.6. The number of likely N-dealkylation sites (tertiary alicyclic amines) is 1. The number of amides is 3. The second-order valence-electron chi connectivity index (χ2n) is 10.4. The predicted molar refractivity (Wildman–Crippen MR) is 152 cm³/mol. The zero-order valence-corrected chi connectivity index (χ0v) is 24.3. The molecule has 7 atom stereocenters. The fourth-order valence-electron chi connectivity index (χ4n) is 6.53. The molecule has 0 saturated carbocycles. The second kappa shape index (κ2) is 10.6. The second-order valence-corrected chi connectivity index (χ2v) is 13.1. The monoisotopic (exact) mass is 589 g/mol. The highest BCUT2D eigenvalue weighted by Crippen LogP contribution is 2.68. The van der Waals surface area contributed by atoms with E-state index < -0.39 is 28.7 Å². The summed E-state index contributed by atoms with van der Waals surface area (Å²) >= 11 is 5.40. The number of fused-ring (bicyclic) bond motifs is 1. The molecule has 1 aromatic carbocycles. The summed E-state index contributed by atoms with van der Waals surface area (Å²) in [5.41, 5.74) is 2.72. The van der Waals surface area contributed by atoms with E-state index in [1.54, 1.807) is 52.6 Å². The first-order valence-electron chi connectivity index (χ1n) is 12.6. The standard InChI is InChI=1S/C28H36BrN3O4S/c1-7-12-30(6)25(34)20-21-26(35)32(18(5)15-33)24(28(21)14-19(29)23(20)37-28)27(36)31(13-8-2)22-16(3)10-9-11-17(22)4/h7-11,18-21,23-24,33H,1-2,12-15H2,3-6H3/t18-,19?,20+,21+,23+,24?,28?/m1/s1. The minimum atomic E-state index is -0.816. The quantitative estimate of drug-likeness (QED) is 0.353. The van der Waals surface area contributed by atoms with Gasteiger partial charge in [-0.2, -0.15) is 0 Å². The minimum absolute atomic E-state index is 0.0136. The van der Waals surface area contributed by atoms with Crippen molar-refractivity contribution in [2.45, 2.75) is 54.1 Å². The number of thioether (sulfide) groups is 1. The summed E-state index contributed by atoms with van der Waals surface area (Å²) in [5.74, 6) is -1.72. The van der Waals surface area contributed by atoms with Crippen LogP contribution in [0.2, 0.25) is 0 Å². The largest absolute Gasteiger partial charge is 0.394 e. The van der Waals surface area contributed by atoms with Crippen molar-refractivity contribution in [1.82, 2.24) is 9.80 Å². The Bertz CT molecular complexity index is 1110. The van der Waals surface area contributed by atoms with Gasteiger partial charge in [-0.25, -0.2) is 0 Å². The molecule has 0 aliphatic carbocycles. The highest BCUT2D eigenvalue weighted by Gasteiger charge is 2.76. The van der Waals surface area contributed by atoms with E-state index >= 15 is 0 Å². The summed E-state index contributed by atoms with van der Waals surface area (Å²) in [7, 11) is 1.72. The topological polar surface area (TPSA) is 81.2 Å². The highest BCUT2D eigenvalue weighted by atomic mass is 79.9. The van der Waals surface area contributed by atoms with Crippen LogP contribution in [-0.2, 0) is 14.4 Å². The summed E-state index contributed by atoms with van der Waals surface area (Å²) in [6, 6.07) is 4.51. The Kier molecular flexibility index (Phi) is 7.98. The molecule has 3 aliphatic rings. The molecule has 200 valence electrons. The number of aryl methyl sites for hydroxylation is 2. The summed E-state index contributed by atoms with van der Waals surface area (Å²) in [4.78, 5) is 47.3. The number of likely N-dealkylation sites (N-methyl/N-ethyl adjacent to an activating group) is 1. The van der Waals surface area contributed by atoms with Crippen LogP contribution in [0.4, 0.5) is 5.69 Å². The average molecular weight is 591 g/mol. The number of benzene rings is 1. The van der Waals surface area contributed by atoms with Crippen LogP contribution in [0.3, 0.4) is 0 Å². The highest BCUT2D eigenvalue weighted by molar-refractivity contribution is 9.09. The molecule has 1 N–H and O–H groups in total. The molecule has 1 aromatic rings. The third-order valence-corrected chi connectivity index (χ3v) is 11.3. The number of alkyl halides is 1. The number of nitrogens with zero attached hydrogens (tertiary/aromatic N) is 3. The van der Waals surface area contributed by atoms with E-state index in [0.29, 0.717) is 13.0 Å². The van der Waals surface area contributed by atoms with Crippen molar-refractivity contribution >= 4 is 51.1 Å². The number of hydrogen-bond acceptors (Lipinski definition) is 5. The van der Waals surface area contributed by atoms with Gasteiger partial charge in [-0.3, -0.25) is 14.4 Å². The van der Waals surface area contributed by atoms with E-state index in [1.165, 1.54) is 0 Å². The van der Waals surface area contributed by atoms with Crippen LogP contribution in [0, 0.1) is 25.7 Å². The molecule has 0 aromatic heterocycles. The summed E-state index contributed by atoms with van der Waals surface area (Å²) in [6.45, 7) is 13.7. The number of halogens is 1. The molecule has 3 amide bonds. The zero-order valence-electron chi connectivity index (χ0n) is 21.9. The number of carbonyl (C=O) groups is 3. The van der Waals surface area contributed by atoms with Gasteiger partial charge in [0, 0.05) is 35.9 Å². The van der Waals surface area contributed by atoms with E-state index in [9.17, 15) is 19.5 Å². The Balaban J connectivity index is 1.85. The Morgan fingerprint density at radius 2 is 1.86 bits per heavy atom. The molecule has 3 heterocycles. The molecule has 37 heavy (non-hydrogen) atoms. The number of anilines is 1. The van der Waals surface area contributed by atoms with Crippen LogP contribution < -0.4 is 4.90 Å². The number of para-hydroxylation sites is 1. The van der Waals surface area contributed by atoms with E-state index in [-0.39, 0.29) is 41.0 Å². The van der Waals surface area contributed by atoms with E-state index in [2.05, 4.69) is 29.1 Å². The molecule has 3 unspecified atom stereocenters. The van der Waals surface area contributed by atoms with Crippen molar-refractivity contribution in [2.75, 3.05) is 31.6 Å². The molecule has 3 saturated heterocycles. The third kappa shape index (κ3) is 4.27. The molecule has 4 rings (SSSR count). The van der Waals surface area contributed by atoms with Crippen molar-refractivity contribution in [3.05, 3.63) is 54.6 Å². The number of rotatable bonds is 9. The van der Waals surface area contributed by atoms with Crippen LogP contribution in [0.25, 0.3) is 0 Å². The van der Waals surface area contributed by atoms with Crippen molar-refractivity contribution in [1.29, 1.82) is 0 Å². The van der Waals surface area contributed by atoms with Crippen LogP contribution in [-0.4, -0.2) is 86.3 Å². The normalized spacial score (nSPS) is 30.7. The predicted octanol–water partition coefficient (Wildman–Crippen LogP) is 3.31. The lowest BCUT2D eigenvalue weighted by Crippen LogP contribution is -2.57. The van der Waals surface area contributed by atoms with Crippen LogP contribution >= 0.6 is 27.7 Å². The summed E-state index contributed by atoms with van der Waals surface area (Å²) < 4.78 is -0.776. The zero-order chi connectivity index (χ0) is 27.2. The first-order chi connectivity index (χ1) is 17.5. The number of aliphatic hydroxyl groups is 1. The minimum Gasteiger partial charge on any atom is -0.394 e. The van der Waals surface area contributed by atoms with Gasteiger partial charge < -0.3 is 19.8 Å². The Morgan fingerprint density at radius 1 is 1.24 bits per heavy atom. The van der Waals surface area contributed by atoms with Crippen molar-refractivity contribution in [3.8, 4) is 0 Å². The molecular formula is C28H36BrN3O4S. The lowest BCUT2D eigenvalue weighted by Gasteiger charge is -2.40. The van der Waals surface area contributed by atoms with Crippen molar-refractivity contribution in [3.63, 3.8) is 0 Å². The number of carbonyl (C=O) groups excluding carboxylic acids is 3. The van der Waals surface area contributed by atoms with Crippen molar-refractivity contribution in [2.24, 2.45) is 11.8 Å². The van der Waals surface area contributed by atoms with Gasteiger partial charge in [-0.1, -0.05) is 46.3 Å². The molecule has 2 bridgehead atoms. The van der Waals surface area contributed by atoms with E-state index in [4.69, 9.17) is 0 Å². The maximum Gasteiger partial charge on any atom is 0.251 e. The van der Waals surface area contributed by atoms with Gasteiger partial charge >= 0.3 is 0 Å². The maximum absolute atomic E-state index is 14.6. The lowest BCUT2D eigenvalue weighted by molar-refractivity contribution is -0.144. The number of aliphatic hydroxyl groups excluding tert-OH is 1. The molecule has 3 fully saturated rings. The van der Waals surface area contributed by atoms with Gasteiger partial charge in [0.25, 0.3) is 5.91 Å². The molecular weight excluding hydrogens is 554 g/mol. The summed E-state index contributed by atoms with van der Waals surface area (Å²) in [6.07, 6.45) is 3.95. The van der Waals surface area contributed by atoms with E-state index in [1.807, 2.05) is 32.0 Å². The molecule has 7 nitrogen and oxygen atoms in total. The molecule has 3 aliphatic heterocycles. The van der Waals surface area contributed by atoms with Gasteiger partial charge in [0.1, 0.15) is 6.04 Å². The summed E-state index contributed by atoms with van der Waals surface area (Å²) in [5, 5.41) is 10.0. The van der Waals surface area contributed by atoms with Crippen LogP contribution in [0.15, 0.2) is 43.5 Å². The van der Waals surface area contributed by atoms with Crippen LogP contribution in [0.5, 0.6) is 0 Å². The number of hydrogen-bond donors (Lipinski definition) is 1. The molecule has 1 spiro atoms. The van der Waals surface area contributed by atoms with Crippen molar-refractivity contribution < 1.29 is 19.5 Å². The first-order valence-corrected chi connectivity index (χ1v) is 14.4. The molecule has 9 heteroatoms.